The molecule has 5 nitrogen and oxygen atoms in total. The van der Waals surface area contributed by atoms with Crippen LogP contribution in [0, 0.1) is 0 Å². The third kappa shape index (κ3) is 3.73. The third-order valence-electron chi connectivity index (χ3n) is 3.26. The zero-order chi connectivity index (χ0) is 12.0. The van der Waals surface area contributed by atoms with Crippen LogP contribution in [0.2, 0.25) is 0 Å². The first-order chi connectivity index (χ1) is 7.69. The van der Waals surface area contributed by atoms with Gasteiger partial charge in [-0.1, -0.05) is 6.92 Å². The summed E-state index contributed by atoms with van der Waals surface area (Å²) >= 11 is 0. The Morgan fingerprint density at radius 1 is 1.38 bits per heavy atom. The quantitative estimate of drug-likeness (QED) is 0.661. The molecule has 0 spiro atoms. The summed E-state index contributed by atoms with van der Waals surface area (Å²) in [6.07, 6.45) is 1.45. The first-order valence-electron chi connectivity index (χ1n) is 6.08. The van der Waals surface area contributed by atoms with E-state index in [0.717, 1.165) is 39.1 Å². The topological polar surface area (TPSA) is 69.8 Å². The Morgan fingerprint density at radius 2 is 2.00 bits per heavy atom. The van der Waals surface area contributed by atoms with Gasteiger partial charge >= 0.3 is 5.97 Å². The molecule has 1 atom stereocenters. The Hall–Kier alpha value is -0.650. The minimum Gasteiger partial charge on any atom is -0.480 e. The lowest BCUT2D eigenvalue weighted by atomic mass is 10.1. The lowest BCUT2D eigenvalue weighted by molar-refractivity contribution is -0.144. The van der Waals surface area contributed by atoms with Gasteiger partial charge in [-0.05, 0) is 25.9 Å². The van der Waals surface area contributed by atoms with Crippen LogP contribution in [0.4, 0.5) is 0 Å². The number of nitrogens with two attached hydrogens (primary N) is 1. The SMILES string of the molecule is CCN1CCN(C(CCCN)C(=O)O)CC1. The lowest BCUT2D eigenvalue weighted by Gasteiger charge is -2.37. The number of carbonyl (C=O) groups is 1. The Bertz CT molecular complexity index is 215. The Morgan fingerprint density at radius 3 is 2.44 bits per heavy atom. The molecule has 0 bridgehead atoms. The molecule has 0 aromatic carbocycles. The molecule has 94 valence electrons. The van der Waals surface area contributed by atoms with Gasteiger partial charge in [-0.2, -0.15) is 0 Å². The van der Waals surface area contributed by atoms with Gasteiger partial charge in [0.15, 0.2) is 0 Å². The summed E-state index contributed by atoms with van der Waals surface area (Å²) in [6, 6.07) is -0.345. The van der Waals surface area contributed by atoms with Crippen LogP contribution < -0.4 is 5.73 Å². The summed E-state index contributed by atoms with van der Waals surface area (Å²) in [7, 11) is 0. The van der Waals surface area contributed by atoms with E-state index in [0.29, 0.717) is 13.0 Å². The van der Waals surface area contributed by atoms with E-state index in [2.05, 4.69) is 16.7 Å². The Labute approximate surface area is 97.2 Å². The molecule has 1 unspecified atom stereocenters. The average Bonchev–Trinajstić information content (AvgIpc) is 2.30. The van der Waals surface area contributed by atoms with E-state index in [-0.39, 0.29) is 6.04 Å². The first-order valence-corrected chi connectivity index (χ1v) is 6.08. The molecule has 1 aliphatic heterocycles. The standard InChI is InChI=1S/C11H23N3O2/c1-2-13-6-8-14(9-7-13)10(11(15)16)4-3-5-12/h10H,2-9,12H2,1H3,(H,15,16). The lowest BCUT2D eigenvalue weighted by Crippen LogP contribution is -2.52. The average molecular weight is 229 g/mol. The largest absolute Gasteiger partial charge is 0.480 e. The maximum atomic E-state index is 11.2. The summed E-state index contributed by atoms with van der Waals surface area (Å²) in [5, 5.41) is 9.18. The van der Waals surface area contributed by atoms with Crippen LogP contribution in [0.1, 0.15) is 19.8 Å². The molecule has 0 aromatic heterocycles. The number of hydrogen-bond donors (Lipinski definition) is 2. The molecule has 3 N–H and O–H groups in total. The van der Waals surface area contributed by atoms with Crippen molar-refractivity contribution in [3.05, 3.63) is 0 Å². The van der Waals surface area contributed by atoms with Crippen molar-refractivity contribution in [2.45, 2.75) is 25.8 Å². The van der Waals surface area contributed by atoms with Crippen molar-refractivity contribution in [2.24, 2.45) is 5.73 Å². The summed E-state index contributed by atoms with van der Waals surface area (Å²) < 4.78 is 0. The van der Waals surface area contributed by atoms with Crippen LogP contribution in [0.5, 0.6) is 0 Å². The van der Waals surface area contributed by atoms with E-state index >= 15 is 0 Å². The van der Waals surface area contributed by atoms with Crippen molar-refractivity contribution < 1.29 is 9.90 Å². The maximum Gasteiger partial charge on any atom is 0.320 e. The van der Waals surface area contributed by atoms with Crippen molar-refractivity contribution in [3.63, 3.8) is 0 Å². The fourth-order valence-corrected chi connectivity index (χ4v) is 2.16. The third-order valence-corrected chi connectivity index (χ3v) is 3.26. The number of rotatable bonds is 6. The number of carboxylic acids is 1. The van der Waals surface area contributed by atoms with Gasteiger partial charge in [0.05, 0.1) is 0 Å². The predicted octanol–water partition coefficient (Wildman–Crippen LogP) is -0.184. The molecular weight excluding hydrogens is 206 g/mol. The van der Waals surface area contributed by atoms with Crippen molar-refractivity contribution in [3.8, 4) is 0 Å². The normalized spacial score (nSPS) is 20.9. The minimum atomic E-state index is -0.710. The van der Waals surface area contributed by atoms with Crippen molar-refractivity contribution in [1.82, 2.24) is 9.80 Å². The molecule has 5 heteroatoms. The van der Waals surface area contributed by atoms with Gasteiger partial charge in [0.1, 0.15) is 6.04 Å². The summed E-state index contributed by atoms with van der Waals surface area (Å²) in [6.45, 7) is 7.42. The van der Waals surface area contributed by atoms with Crippen molar-refractivity contribution >= 4 is 5.97 Å². The van der Waals surface area contributed by atoms with E-state index in [1.165, 1.54) is 0 Å². The molecular formula is C11H23N3O2. The highest BCUT2D eigenvalue weighted by Gasteiger charge is 2.27. The molecule has 1 rings (SSSR count). The molecule has 1 heterocycles. The Kier molecular flexibility index (Phi) is 5.73. The van der Waals surface area contributed by atoms with Crippen LogP contribution in [-0.2, 0) is 4.79 Å². The zero-order valence-electron chi connectivity index (χ0n) is 10.1. The number of likely N-dealkylation sites (N-methyl/N-ethyl adjacent to an activating group) is 1. The molecule has 1 aliphatic rings. The molecule has 0 radical (unpaired) electrons. The predicted molar refractivity (Wildman–Crippen MR) is 63.4 cm³/mol. The summed E-state index contributed by atoms with van der Waals surface area (Å²) in [4.78, 5) is 15.6. The van der Waals surface area contributed by atoms with Gasteiger partial charge in [0.2, 0.25) is 0 Å². The van der Waals surface area contributed by atoms with Crippen LogP contribution in [0.25, 0.3) is 0 Å². The smallest absolute Gasteiger partial charge is 0.320 e. The summed E-state index contributed by atoms with van der Waals surface area (Å²) in [5.41, 5.74) is 5.43. The van der Waals surface area contributed by atoms with Gasteiger partial charge in [0, 0.05) is 26.2 Å². The molecule has 0 amide bonds. The second-order valence-electron chi connectivity index (χ2n) is 4.26. The number of aliphatic carboxylic acids is 1. The highest BCUT2D eigenvalue weighted by molar-refractivity contribution is 5.73. The van der Waals surface area contributed by atoms with E-state index < -0.39 is 5.97 Å². The molecule has 0 saturated carbocycles. The highest BCUT2D eigenvalue weighted by Crippen LogP contribution is 2.11. The monoisotopic (exact) mass is 229 g/mol. The second-order valence-corrected chi connectivity index (χ2v) is 4.26. The summed E-state index contributed by atoms with van der Waals surface area (Å²) in [5.74, 6) is -0.710. The molecule has 16 heavy (non-hydrogen) atoms. The van der Waals surface area contributed by atoms with Crippen molar-refractivity contribution in [1.29, 1.82) is 0 Å². The fourth-order valence-electron chi connectivity index (χ4n) is 2.16. The van der Waals surface area contributed by atoms with Gasteiger partial charge in [-0.3, -0.25) is 9.69 Å². The number of hydrogen-bond acceptors (Lipinski definition) is 4. The number of carboxylic acid groups (broad SMARTS) is 1. The molecule has 0 aliphatic carbocycles. The van der Waals surface area contributed by atoms with E-state index in [1.54, 1.807) is 0 Å². The van der Waals surface area contributed by atoms with Crippen LogP contribution in [-0.4, -0.2) is 66.2 Å². The van der Waals surface area contributed by atoms with E-state index in [9.17, 15) is 9.90 Å². The Balaban J connectivity index is 2.43. The van der Waals surface area contributed by atoms with Crippen molar-refractivity contribution in [2.75, 3.05) is 39.3 Å². The van der Waals surface area contributed by atoms with Crippen LogP contribution in [0.3, 0.4) is 0 Å². The number of piperazine rings is 1. The van der Waals surface area contributed by atoms with Gasteiger partial charge < -0.3 is 15.7 Å². The molecule has 1 fully saturated rings. The highest BCUT2D eigenvalue weighted by atomic mass is 16.4. The first kappa shape index (κ1) is 13.4. The van der Waals surface area contributed by atoms with Gasteiger partial charge in [-0.15, -0.1) is 0 Å². The van der Waals surface area contributed by atoms with Crippen LogP contribution in [0.15, 0.2) is 0 Å². The van der Waals surface area contributed by atoms with Crippen LogP contribution >= 0.6 is 0 Å². The number of nitrogens with zero attached hydrogens (tertiary/aromatic N) is 2. The minimum absolute atomic E-state index is 0.345. The van der Waals surface area contributed by atoms with Gasteiger partial charge in [-0.25, -0.2) is 0 Å². The zero-order valence-corrected chi connectivity index (χ0v) is 10.1. The fraction of sp³-hybridized carbons (Fsp3) is 0.909. The van der Waals surface area contributed by atoms with E-state index in [1.807, 2.05) is 0 Å². The van der Waals surface area contributed by atoms with Gasteiger partial charge in [0.25, 0.3) is 0 Å². The molecule has 0 aromatic rings. The maximum absolute atomic E-state index is 11.2. The second kappa shape index (κ2) is 6.83. The van der Waals surface area contributed by atoms with E-state index in [4.69, 9.17) is 5.73 Å². The molecule has 1 saturated heterocycles.